The van der Waals surface area contributed by atoms with Crippen molar-refractivity contribution in [2.75, 3.05) is 0 Å². The van der Waals surface area contributed by atoms with Crippen LogP contribution in [0.4, 0.5) is 0 Å². The third-order valence-electron chi connectivity index (χ3n) is 2.96. The van der Waals surface area contributed by atoms with Gasteiger partial charge in [0.25, 0.3) is 5.89 Å². The molecule has 22 heavy (non-hydrogen) atoms. The van der Waals surface area contributed by atoms with Gasteiger partial charge in [-0.25, -0.2) is 0 Å². The van der Waals surface area contributed by atoms with Crippen molar-refractivity contribution in [3.63, 3.8) is 0 Å². The molecule has 112 valence electrons. The van der Waals surface area contributed by atoms with Crippen molar-refractivity contribution in [1.29, 1.82) is 0 Å². The van der Waals surface area contributed by atoms with E-state index in [4.69, 9.17) is 27.7 Å². The first-order valence-corrected chi connectivity index (χ1v) is 7.35. The number of hydrogen-bond donors (Lipinski definition) is 1. The summed E-state index contributed by atoms with van der Waals surface area (Å²) in [4.78, 5) is 8.37. The van der Waals surface area contributed by atoms with E-state index in [1.807, 2.05) is 18.3 Å². The van der Waals surface area contributed by atoms with Gasteiger partial charge in [-0.3, -0.25) is 4.98 Å². The fourth-order valence-corrected chi connectivity index (χ4v) is 2.41. The Kier molecular flexibility index (Phi) is 4.68. The molecule has 1 N–H and O–H groups in total. The second kappa shape index (κ2) is 6.87. The highest BCUT2D eigenvalue weighted by molar-refractivity contribution is 6.36. The van der Waals surface area contributed by atoms with Crippen LogP contribution in [0.2, 0.25) is 10.0 Å². The largest absolute Gasteiger partial charge is 0.334 e. The van der Waals surface area contributed by atoms with Crippen LogP contribution in [0, 0.1) is 0 Å². The van der Waals surface area contributed by atoms with Crippen LogP contribution in [0.1, 0.15) is 11.4 Å². The normalized spacial score (nSPS) is 10.8. The van der Waals surface area contributed by atoms with Gasteiger partial charge in [0.2, 0.25) is 0 Å². The summed E-state index contributed by atoms with van der Waals surface area (Å²) in [6.45, 7) is 1.17. The molecule has 0 saturated carbocycles. The monoisotopic (exact) mass is 334 g/mol. The predicted molar refractivity (Wildman–Crippen MR) is 84.5 cm³/mol. The van der Waals surface area contributed by atoms with Crippen molar-refractivity contribution in [2.45, 2.75) is 13.1 Å². The molecule has 0 aliphatic rings. The molecule has 0 fully saturated rings. The minimum Gasteiger partial charge on any atom is -0.334 e. The van der Waals surface area contributed by atoms with E-state index < -0.39 is 0 Å². The Labute approximate surface area is 137 Å². The molecule has 3 rings (SSSR count). The second-order valence-electron chi connectivity index (χ2n) is 4.60. The van der Waals surface area contributed by atoms with Gasteiger partial charge >= 0.3 is 0 Å². The first-order chi connectivity index (χ1) is 10.7. The predicted octanol–water partition coefficient (Wildman–Crippen LogP) is 3.73. The molecule has 2 aromatic heterocycles. The fourth-order valence-electron chi connectivity index (χ4n) is 1.92. The lowest BCUT2D eigenvalue weighted by Gasteiger charge is -2.00. The summed E-state index contributed by atoms with van der Waals surface area (Å²) in [7, 11) is 0. The molecule has 0 aliphatic heterocycles. The topological polar surface area (TPSA) is 63.8 Å². The lowest BCUT2D eigenvalue weighted by Crippen LogP contribution is -2.13. The van der Waals surface area contributed by atoms with Gasteiger partial charge in [-0.2, -0.15) is 4.98 Å². The standard InChI is InChI=1S/C15H12Cl2N4O/c16-11-3-4-12(13(17)6-11)15-20-14(21-22-15)9-19-8-10-2-1-5-18-7-10/h1-7,19H,8-9H2. The van der Waals surface area contributed by atoms with Crippen LogP contribution in [-0.4, -0.2) is 15.1 Å². The third kappa shape index (κ3) is 3.62. The van der Waals surface area contributed by atoms with Gasteiger partial charge in [0.1, 0.15) is 0 Å². The zero-order chi connectivity index (χ0) is 15.4. The Bertz CT molecular complexity index is 761. The van der Waals surface area contributed by atoms with Crippen LogP contribution < -0.4 is 5.32 Å². The van der Waals surface area contributed by atoms with Crippen LogP contribution in [0.15, 0.2) is 47.2 Å². The van der Waals surface area contributed by atoms with Gasteiger partial charge in [0, 0.05) is 24.0 Å². The summed E-state index contributed by atoms with van der Waals surface area (Å²) in [5, 5.41) is 8.20. The van der Waals surface area contributed by atoms with E-state index in [1.165, 1.54) is 0 Å². The number of nitrogens with zero attached hydrogens (tertiary/aromatic N) is 3. The summed E-state index contributed by atoms with van der Waals surface area (Å²) >= 11 is 12.0. The Morgan fingerprint density at radius 1 is 1.14 bits per heavy atom. The lowest BCUT2D eigenvalue weighted by molar-refractivity contribution is 0.419. The van der Waals surface area contributed by atoms with E-state index in [2.05, 4.69) is 20.4 Å². The summed E-state index contributed by atoms with van der Waals surface area (Å²) < 4.78 is 5.23. The van der Waals surface area contributed by atoms with Crippen molar-refractivity contribution in [3.05, 3.63) is 64.2 Å². The van der Waals surface area contributed by atoms with E-state index in [1.54, 1.807) is 24.4 Å². The summed E-state index contributed by atoms with van der Waals surface area (Å²) in [5.41, 5.74) is 1.75. The van der Waals surface area contributed by atoms with Gasteiger partial charge < -0.3 is 9.84 Å². The molecule has 3 aromatic rings. The first-order valence-electron chi connectivity index (χ1n) is 6.60. The Morgan fingerprint density at radius 2 is 2.05 bits per heavy atom. The molecule has 2 heterocycles. The number of aromatic nitrogens is 3. The summed E-state index contributed by atoms with van der Waals surface area (Å²) in [6, 6.07) is 9.02. The van der Waals surface area contributed by atoms with Crippen LogP contribution in [0.3, 0.4) is 0 Å². The number of halogens is 2. The van der Waals surface area contributed by atoms with Gasteiger partial charge in [0.15, 0.2) is 5.82 Å². The zero-order valence-corrected chi connectivity index (χ0v) is 13.0. The molecular weight excluding hydrogens is 323 g/mol. The third-order valence-corrected chi connectivity index (χ3v) is 3.51. The SMILES string of the molecule is Clc1ccc(-c2nc(CNCc3cccnc3)no2)c(Cl)c1. The van der Waals surface area contributed by atoms with Crippen molar-refractivity contribution < 1.29 is 4.52 Å². The highest BCUT2D eigenvalue weighted by Crippen LogP contribution is 2.29. The number of hydrogen-bond acceptors (Lipinski definition) is 5. The molecule has 0 amide bonds. The number of pyridine rings is 1. The molecule has 7 heteroatoms. The first kappa shape index (κ1) is 15.0. The zero-order valence-electron chi connectivity index (χ0n) is 11.5. The molecule has 0 saturated heterocycles. The van der Waals surface area contributed by atoms with Crippen molar-refractivity contribution in [2.24, 2.45) is 0 Å². The van der Waals surface area contributed by atoms with Crippen molar-refractivity contribution in [1.82, 2.24) is 20.4 Å². The maximum atomic E-state index is 6.12. The molecule has 5 nitrogen and oxygen atoms in total. The van der Waals surface area contributed by atoms with Crippen LogP contribution in [0.25, 0.3) is 11.5 Å². The smallest absolute Gasteiger partial charge is 0.259 e. The molecule has 0 spiro atoms. The van der Waals surface area contributed by atoms with Gasteiger partial charge in [-0.15, -0.1) is 0 Å². The van der Waals surface area contributed by atoms with Gasteiger partial charge in [-0.05, 0) is 29.8 Å². The number of benzene rings is 1. The van der Waals surface area contributed by atoms with Gasteiger partial charge in [-0.1, -0.05) is 34.4 Å². The van der Waals surface area contributed by atoms with Crippen molar-refractivity contribution in [3.8, 4) is 11.5 Å². The average Bonchev–Trinajstić information content (AvgIpc) is 2.97. The molecule has 0 radical (unpaired) electrons. The quantitative estimate of drug-likeness (QED) is 0.770. The molecule has 0 bridgehead atoms. The van der Waals surface area contributed by atoms with E-state index in [0.717, 1.165) is 5.56 Å². The van der Waals surface area contributed by atoms with E-state index >= 15 is 0 Å². The summed E-state index contributed by atoms with van der Waals surface area (Å²) in [5.74, 6) is 0.935. The van der Waals surface area contributed by atoms with Gasteiger partial charge in [0.05, 0.1) is 17.1 Å². The molecule has 1 aromatic carbocycles. The van der Waals surface area contributed by atoms with Crippen LogP contribution in [0.5, 0.6) is 0 Å². The Hall–Kier alpha value is -1.95. The van der Waals surface area contributed by atoms with Crippen LogP contribution in [-0.2, 0) is 13.1 Å². The fraction of sp³-hybridized carbons (Fsp3) is 0.133. The Morgan fingerprint density at radius 3 is 2.82 bits per heavy atom. The van der Waals surface area contributed by atoms with E-state index in [9.17, 15) is 0 Å². The molecule has 0 aliphatic carbocycles. The number of rotatable bonds is 5. The lowest BCUT2D eigenvalue weighted by atomic mass is 10.2. The minimum absolute atomic E-state index is 0.375. The number of nitrogens with one attached hydrogen (secondary N) is 1. The molecule has 0 atom stereocenters. The summed E-state index contributed by atoms with van der Waals surface area (Å²) in [6.07, 6.45) is 3.55. The maximum Gasteiger partial charge on any atom is 0.259 e. The van der Waals surface area contributed by atoms with E-state index in [-0.39, 0.29) is 0 Å². The second-order valence-corrected chi connectivity index (χ2v) is 5.45. The maximum absolute atomic E-state index is 6.12. The van der Waals surface area contributed by atoms with Crippen molar-refractivity contribution >= 4 is 23.2 Å². The minimum atomic E-state index is 0.375. The average molecular weight is 335 g/mol. The van der Waals surface area contributed by atoms with E-state index in [0.29, 0.717) is 40.4 Å². The molecular formula is C15H12Cl2N4O. The highest BCUT2D eigenvalue weighted by Gasteiger charge is 2.12. The molecule has 0 unspecified atom stereocenters. The highest BCUT2D eigenvalue weighted by atomic mass is 35.5. The van der Waals surface area contributed by atoms with Crippen LogP contribution >= 0.6 is 23.2 Å². The Balaban J connectivity index is 1.64.